The van der Waals surface area contributed by atoms with E-state index in [0.717, 1.165) is 45.0 Å². The third-order valence-electron chi connectivity index (χ3n) is 6.54. The molecule has 0 unspecified atom stereocenters. The summed E-state index contributed by atoms with van der Waals surface area (Å²) in [6.07, 6.45) is -3.84. The van der Waals surface area contributed by atoms with Crippen LogP contribution in [0, 0.1) is 0 Å². The predicted molar refractivity (Wildman–Crippen MR) is 147 cm³/mol. The average molecular weight is 554 g/mol. The number of pyridine rings is 1. The number of aromatic nitrogens is 5. The van der Waals surface area contributed by atoms with Crippen LogP contribution in [0.4, 0.5) is 13.2 Å². The molecule has 0 radical (unpaired) electrons. The van der Waals surface area contributed by atoms with Crippen LogP contribution in [0.5, 0.6) is 0 Å². The van der Waals surface area contributed by atoms with Gasteiger partial charge in [-0.25, -0.2) is 4.98 Å². The number of alkyl halides is 3. The summed E-state index contributed by atoms with van der Waals surface area (Å²) < 4.78 is 47.5. The minimum absolute atomic E-state index is 0.321. The maximum Gasteiger partial charge on any atom is 0.416 e. The van der Waals surface area contributed by atoms with Gasteiger partial charge in [0.2, 0.25) is 4.96 Å². The van der Waals surface area contributed by atoms with Crippen molar-refractivity contribution < 1.29 is 17.6 Å². The van der Waals surface area contributed by atoms with Gasteiger partial charge in [-0.05, 0) is 42.0 Å². The number of furan rings is 1. The fourth-order valence-corrected chi connectivity index (χ4v) is 5.50. The Hall–Kier alpha value is -4.83. The van der Waals surface area contributed by atoms with Gasteiger partial charge in [-0.3, -0.25) is 0 Å². The van der Waals surface area contributed by atoms with Gasteiger partial charge in [-0.15, -0.1) is 10.2 Å². The molecule has 0 aliphatic rings. The predicted octanol–water partition coefficient (Wildman–Crippen LogP) is 7.94. The quantitative estimate of drug-likeness (QED) is 0.216. The Morgan fingerprint density at radius 1 is 0.800 bits per heavy atom. The van der Waals surface area contributed by atoms with Gasteiger partial charge < -0.3 is 4.42 Å². The molecule has 0 saturated heterocycles. The maximum atomic E-state index is 13.2. The van der Waals surface area contributed by atoms with E-state index < -0.39 is 11.7 Å². The summed E-state index contributed by atoms with van der Waals surface area (Å²) in [6, 6.07) is 28.1. The van der Waals surface area contributed by atoms with E-state index in [9.17, 15) is 13.2 Å². The van der Waals surface area contributed by atoms with E-state index in [1.54, 1.807) is 22.7 Å². The highest BCUT2D eigenvalue weighted by Crippen LogP contribution is 2.37. The van der Waals surface area contributed by atoms with Gasteiger partial charge in [-0.1, -0.05) is 72.0 Å². The molecular weight excluding hydrogens is 535 g/mol. The van der Waals surface area contributed by atoms with Crippen LogP contribution in [0.3, 0.4) is 0 Å². The molecule has 7 aromatic rings. The van der Waals surface area contributed by atoms with E-state index >= 15 is 0 Å². The van der Waals surface area contributed by atoms with Gasteiger partial charge in [0.05, 0.1) is 11.1 Å². The van der Waals surface area contributed by atoms with Crippen LogP contribution in [-0.4, -0.2) is 24.8 Å². The minimum Gasteiger partial charge on any atom is -0.454 e. The third-order valence-corrected chi connectivity index (χ3v) is 7.47. The molecule has 0 saturated carbocycles. The highest BCUT2D eigenvalue weighted by atomic mass is 32.1. The first-order valence-corrected chi connectivity index (χ1v) is 13.2. The SMILES string of the molecule is FC(F)(F)c1cccc(-c2ccc(-c3cc(-c4nn5c(Cc6ccccc6)nnc5s4)c4ccccc4n3)o2)c1. The van der Waals surface area contributed by atoms with Crippen molar-refractivity contribution >= 4 is 27.2 Å². The standard InChI is InChI=1S/C30H18F3N5OS/c31-30(32,33)20-10-6-9-19(16-20)25-13-14-26(39-25)24-17-22(21-11-4-5-12-23(21)34-24)28-37-38-27(35-36-29(38)40-28)15-18-7-2-1-3-8-18/h1-14,16-17H,15H2. The Labute approximate surface area is 229 Å². The fraction of sp³-hybridized carbons (Fsp3) is 0.0667. The molecule has 7 rings (SSSR count). The number of hydrogen-bond donors (Lipinski definition) is 0. The second-order valence-electron chi connectivity index (χ2n) is 9.19. The monoisotopic (exact) mass is 553 g/mol. The molecule has 0 N–H and O–H groups in total. The third kappa shape index (κ3) is 4.42. The topological polar surface area (TPSA) is 69.1 Å². The van der Waals surface area contributed by atoms with E-state index in [4.69, 9.17) is 14.5 Å². The van der Waals surface area contributed by atoms with Crippen molar-refractivity contribution in [1.29, 1.82) is 0 Å². The second-order valence-corrected chi connectivity index (χ2v) is 10.2. The van der Waals surface area contributed by atoms with Crippen LogP contribution < -0.4 is 0 Å². The summed E-state index contributed by atoms with van der Waals surface area (Å²) in [5.41, 5.74) is 2.84. The molecule has 3 aromatic carbocycles. The number of para-hydroxylation sites is 1. The maximum absolute atomic E-state index is 13.2. The summed E-state index contributed by atoms with van der Waals surface area (Å²) in [5.74, 6) is 1.49. The first kappa shape index (κ1) is 24.2. The van der Waals surface area contributed by atoms with Crippen LogP contribution >= 0.6 is 11.3 Å². The normalized spacial score (nSPS) is 12.0. The van der Waals surface area contributed by atoms with Gasteiger partial charge in [-0.2, -0.15) is 22.8 Å². The van der Waals surface area contributed by atoms with E-state index in [-0.39, 0.29) is 0 Å². The highest BCUT2D eigenvalue weighted by molar-refractivity contribution is 7.19. The Morgan fingerprint density at radius 2 is 1.60 bits per heavy atom. The summed E-state index contributed by atoms with van der Waals surface area (Å²) in [5, 5.41) is 15.2. The lowest BCUT2D eigenvalue weighted by Gasteiger charge is -2.08. The second kappa shape index (κ2) is 9.42. The van der Waals surface area contributed by atoms with E-state index in [1.807, 2.05) is 60.7 Å². The van der Waals surface area contributed by atoms with Crippen molar-refractivity contribution in [3.05, 3.63) is 114 Å². The lowest BCUT2D eigenvalue weighted by atomic mass is 10.1. The lowest BCUT2D eigenvalue weighted by molar-refractivity contribution is -0.137. The van der Waals surface area contributed by atoms with Gasteiger partial charge in [0.25, 0.3) is 0 Å². The smallest absolute Gasteiger partial charge is 0.416 e. The van der Waals surface area contributed by atoms with Crippen molar-refractivity contribution in [2.75, 3.05) is 0 Å². The Bertz CT molecular complexity index is 1990. The van der Waals surface area contributed by atoms with Crippen LogP contribution in [0.25, 0.3) is 49.2 Å². The van der Waals surface area contributed by atoms with Crippen molar-refractivity contribution in [2.24, 2.45) is 0 Å². The van der Waals surface area contributed by atoms with Crippen molar-refractivity contribution in [2.45, 2.75) is 12.6 Å². The largest absolute Gasteiger partial charge is 0.454 e. The van der Waals surface area contributed by atoms with Crippen molar-refractivity contribution in [3.8, 4) is 33.3 Å². The van der Waals surface area contributed by atoms with Gasteiger partial charge in [0, 0.05) is 22.9 Å². The zero-order chi connectivity index (χ0) is 27.3. The van der Waals surface area contributed by atoms with Crippen molar-refractivity contribution in [1.82, 2.24) is 24.8 Å². The number of benzene rings is 3. The van der Waals surface area contributed by atoms with E-state index in [2.05, 4.69) is 10.2 Å². The first-order valence-electron chi connectivity index (χ1n) is 12.4. The fourth-order valence-electron chi connectivity index (χ4n) is 4.61. The summed E-state index contributed by atoms with van der Waals surface area (Å²) in [4.78, 5) is 5.45. The molecule has 4 aromatic heterocycles. The van der Waals surface area contributed by atoms with E-state index in [1.165, 1.54) is 17.4 Å². The molecular formula is C30H18F3N5OS. The molecule has 10 heteroatoms. The molecule has 196 valence electrons. The molecule has 0 amide bonds. The molecule has 0 atom stereocenters. The molecule has 0 aliphatic heterocycles. The van der Waals surface area contributed by atoms with Gasteiger partial charge >= 0.3 is 6.18 Å². The lowest BCUT2D eigenvalue weighted by Crippen LogP contribution is -2.04. The number of fused-ring (bicyclic) bond motifs is 2. The zero-order valence-corrected chi connectivity index (χ0v) is 21.4. The van der Waals surface area contributed by atoms with E-state index in [0.29, 0.717) is 34.2 Å². The molecule has 6 nitrogen and oxygen atoms in total. The molecule has 0 bridgehead atoms. The minimum atomic E-state index is -4.44. The number of nitrogens with zero attached hydrogens (tertiary/aromatic N) is 5. The first-order chi connectivity index (χ1) is 19.4. The summed E-state index contributed by atoms with van der Waals surface area (Å²) in [7, 11) is 0. The summed E-state index contributed by atoms with van der Waals surface area (Å²) in [6.45, 7) is 0. The Morgan fingerprint density at radius 3 is 2.45 bits per heavy atom. The van der Waals surface area contributed by atoms with Crippen molar-refractivity contribution in [3.63, 3.8) is 0 Å². The van der Waals surface area contributed by atoms with Gasteiger partial charge in [0.15, 0.2) is 11.6 Å². The number of halogens is 3. The molecule has 40 heavy (non-hydrogen) atoms. The van der Waals surface area contributed by atoms with Gasteiger partial charge in [0.1, 0.15) is 16.5 Å². The Kier molecular flexibility index (Phi) is 5.71. The molecule has 0 spiro atoms. The number of hydrogen-bond acceptors (Lipinski definition) is 6. The average Bonchev–Trinajstić information content (AvgIpc) is 3.71. The highest BCUT2D eigenvalue weighted by Gasteiger charge is 2.30. The number of rotatable bonds is 5. The Balaban J connectivity index is 1.30. The van der Waals surface area contributed by atoms with Crippen LogP contribution in [0.2, 0.25) is 0 Å². The van der Waals surface area contributed by atoms with Crippen LogP contribution in [0.1, 0.15) is 17.0 Å². The van der Waals surface area contributed by atoms with Crippen LogP contribution in [-0.2, 0) is 12.6 Å². The van der Waals surface area contributed by atoms with Crippen LogP contribution in [0.15, 0.2) is 101 Å². The molecule has 0 fully saturated rings. The molecule has 0 aliphatic carbocycles. The summed E-state index contributed by atoms with van der Waals surface area (Å²) >= 11 is 1.42. The molecule has 4 heterocycles. The zero-order valence-electron chi connectivity index (χ0n) is 20.6.